The molecule has 2 aliphatic rings. The van der Waals surface area contributed by atoms with Gasteiger partial charge in [0.2, 0.25) is 0 Å². The Bertz CT molecular complexity index is 1090. The third-order valence-electron chi connectivity index (χ3n) is 6.29. The lowest BCUT2D eigenvalue weighted by molar-refractivity contribution is 0.0696. The average molecular weight is 420 g/mol. The van der Waals surface area contributed by atoms with Crippen LogP contribution >= 0.6 is 11.3 Å². The van der Waals surface area contributed by atoms with Gasteiger partial charge in [-0.3, -0.25) is 4.79 Å². The summed E-state index contributed by atoms with van der Waals surface area (Å²) in [6.07, 6.45) is 4.18. The molecule has 0 spiro atoms. The summed E-state index contributed by atoms with van der Waals surface area (Å²) in [6, 6.07) is 14.4. The predicted molar refractivity (Wildman–Crippen MR) is 119 cm³/mol. The lowest BCUT2D eigenvalue weighted by Crippen LogP contribution is -2.40. The number of nitrogens with zero attached hydrogens (tertiary/aromatic N) is 1. The van der Waals surface area contributed by atoms with Gasteiger partial charge in [0.05, 0.1) is 20.3 Å². The van der Waals surface area contributed by atoms with Gasteiger partial charge in [-0.25, -0.2) is 0 Å². The van der Waals surface area contributed by atoms with E-state index in [4.69, 9.17) is 9.47 Å². The summed E-state index contributed by atoms with van der Waals surface area (Å²) in [6.45, 7) is 0.682. The highest BCUT2D eigenvalue weighted by molar-refractivity contribution is 7.10. The molecule has 1 aromatic heterocycles. The Morgan fingerprint density at radius 2 is 1.77 bits per heavy atom. The third-order valence-corrected chi connectivity index (χ3v) is 7.22. The normalized spacial score (nSPS) is 17.4. The van der Waals surface area contributed by atoms with E-state index in [0.717, 1.165) is 41.0 Å². The van der Waals surface area contributed by atoms with Crippen LogP contribution in [0.3, 0.4) is 0 Å². The Morgan fingerprint density at radius 1 is 0.967 bits per heavy atom. The maximum absolute atomic E-state index is 13.7. The molecule has 1 unspecified atom stereocenters. The van der Waals surface area contributed by atoms with Crippen molar-refractivity contribution in [1.82, 2.24) is 4.90 Å². The van der Waals surface area contributed by atoms with E-state index in [9.17, 15) is 4.79 Å². The van der Waals surface area contributed by atoms with Crippen LogP contribution in [0.5, 0.6) is 11.5 Å². The average Bonchev–Trinajstić information content (AvgIpc) is 3.48. The smallest absolute Gasteiger partial charge is 0.254 e. The molecule has 2 aromatic carbocycles. The minimum absolute atomic E-state index is 0.100. The van der Waals surface area contributed by atoms with Crippen molar-refractivity contribution in [1.29, 1.82) is 0 Å². The topological polar surface area (TPSA) is 38.8 Å². The lowest BCUT2D eigenvalue weighted by Gasteiger charge is -2.37. The number of hydrogen-bond acceptors (Lipinski definition) is 4. The first kappa shape index (κ1) is 19.2. The fraction of sp³-hybridized carbons (Fsp3) is 0.320. The van der Waals surface area contributed by atoms with Gasteiger partial charge >= 0.3 is 0 Å². The van der Waals surface area contributed by atoms with Crippen LogP contribution in [0.15, 0.2) is 47.8 Å². The summed E-state index contributed by atoms with van der Waals surface area (Å²) < 4.78 is 11.1. The van der Waals surface area contributed by atoms with Gasteiger partial charge in [-0.2, -0.15) is 0 Å². The summed E-state index contributed by atoms with van der Waals surface area (Å²) in [5.74, 6) is 1.53. The molecule has 2 heterocycles. The van der Waals surface area contributed by atoms with E-state index >= 15 is 0 Å². The van der Waals surface area contributed by atoms with Crippen molar-refractivity contribution in [2.45, 2.75) is 31.7 Å². The number of thiophene rings is 1. The number of aryl methyl sites for hydroxylation is 2. The van der Waals surface area contributed by atoms with Gasteiger partial charge in [0, 0.05) is 17.0 Å². The minimum atomic E-state index is -0.116. The lowest BCUT2D eigenvalue weighted by atomic mass is 9.90. The molecule has 1 aliphatic heterocycles. The molecule has 0 fully saturated rings. The Kier molecular flexibility index (Phi) is 4.99. The van der Waals surface area contributed by atoms with Gasteiger partial charge in [0.25, 0.3) is 5.91 Å². The zero-order chi connectivity index (χ0) is 20.7. The van der Waals surface area contributed by atoms with Crippen LogP contribution in [0, 0.1) is 0 Å². The number of methoxy groups -OCH3 is 2. The molecule has 0 saturated heterocycles. The molecule has 154 valence electrons. The van der Waals surface area contributed by atoms with Gasteiger partial charge < -0.3 is 14.4 Å². The third kappa shape index (κ3) is 3.18. The SMILES string of the molecule is COc1cc2c(cc1OC)C(c1cccs1)N(C(=O)c1ccc3c(c1)CCC3)CC2. The molecule has 0 saturated carbocycles. The number of hydrogen-bond donors (Lipinski definition) is 0. The van der Waals surface area contributed by atoms with Crippen LogP contribution in [-0.4, -0.2) is 31.6 Å². The molecule has 0 radical (unpaired) electrons. The Morgan fingerprint density at radius 3 is 2.53 bits per heavy atom. The highest BCUT2D eigenvalue weighted by atomic mass is 32.1. The second kappa shape index (κ2) is 7.80. The maximum atomic E-state index is 13.7. The highest BCUT2D eigenvalue weighted by Crippen LogP contribution is 2.42. The molecule has 3 aromatic rings. The molecule has 0 bridgehead atoms. The van der Waals surface area contributed by atoms with Crippen LogP contribution in [0.2, 0.25) is 0 Å². The molecule has 5 rings (SSSR count). The van der Waals surface area contributed by atoms with E-state index in [-0.39, 0.29) is 11.9 Å². The van der Waals surface area contributed by atoms with Gasteiger partial charge in [0.15, 0.2) is 11.5 Å². The number of rotatable bonds is 4. The molecule has 4 nitrogen and oxygen atoms in total. The van der Waals surface area contributed by atoms with Gasteiger partial charge in [0.1, 0.15) is 0 Å². The first-order valence-corrected chi connectivity index (χ1v) is 11.3. The van der Waals surface area contributed by atoms with E-state index in [1.54, 1.807) is 25.6 Å². The van der Waals surface area contributed by atoms with E-state index in [0.29, 0.717) is 12.3 Å². The van der Waals surface area contributed by atoms with Crippen molar-refractivity contribution in [3.05, 3.63) is 80.5 Å². The molecular formula is C25H25NO3S. The second-order valence-corrected chi connectivity index (χ2v) is 8.89. The van der Waals surface area contributed by atoms with Crippen molar-refractivity contribution in [3.8, 4) is 11.5 Å². The molecule has 1 aliphatic carbocycles. The predicted octanol–water partition coefficient (Wildman–Crippen LogP) is 5.04. The van der Waals surface area contributed by atoms with Crippen molar-refractivity contribution in [3.63, 3.8) is 0 Å². The van der Waals surface area contributed by atoms with Crippen molar-refractivity contribution in [2.24, 2.45) is 0 Å². The Labute approximate surface area is 181 Å². The summed E-state index contributed by atoms with van der Waals surface area (Å²) in [5, 5.41) is 2.07. The van der Waals surface area contributed by atoms with Crippen LogP contribution in [0.1, 0.15) is 50.0 Å². The number of ether oxygens (including phenoxy) is 2. The quantitative estimate of drug-likeness (QED) is 0.595. The van der Waals surface area contributed by atoms with Gasteiger partial charge in [-0.05, 0) is 83.6 Å². The fourth-order valence-corrected chi connectivity index (χ4v) is 5.64. The fourth-order valence-electron chi connectivity index (χ4n) is 4.79. The first-order chi connectivity index (χ1) is 14.7. The van der Waals surface area contributed by atoms with Gasteiger partial charge in [-0.1, -0.05) is 12.1 Å². The number of carbonyl (C=O) groups excluding carboxylic acids is 1. The summed E-state index contributed by atoms with van der Waals surface area (Å²) >= 11 is 1.69. The number of fused-ring (bicyclic) bond motifs is 2. The molecule has 1 atom stereocenters. The van der Waals surface area contributed by atoms with Crippen molar-refractivity contribution in [2.75, 3.05) is 20.8 Å². The zero-order valence-corrected chi connectivity index (χ0v) is 18.1. The van der Waals surface area contributed by atoms with Gasteiger partial charge in [-0.15, -0.1) is 11.3 Å². The van der Waals surface area contributed by atoms with Crippen LogP contribution in [-0.2, 0) is 19.3 Å². The van der Waals surface area contributed by atoms with Crippen LogP contribution in [0.4, 0.5) is 0 Å². The molecule has 30 heavy (non-hydrogen) atoms. The Balaban J connectivity index is 1.58. The van der Waals surface area contributed by atoms with Crippen molar-refractivity contribution < 1.29 is 14.3 Å². The van der Waals surface area contributed by atoms with E-state index in [1.165, 1.54) is 23.1 Å². The molecule has 0 N–H and O–H groups in total. The van der Waals surface area contributed by atoms with E-state index in [2.05, 4.69) is 29.6 Å². The molecule has 5 heteroatoms. The largest absolute Gasteiger partial charge is 0.493 e. The maximum Gasteiger partial charge on any atom is 0.254 e. The van der Waals surface area contributed by atoms with Crippen molar-refractivity contribution >= 4 is 17.2 Å². The van der Waals surface area contributed by atoms with Crippen LogP contribution in [0.25, 0.3) is 0 Å². The second-order valence-electron chi connectivity index (χ2n) is 7.91. The minimum Gasteiger partial charge on any atom is -0.493 e. The van der Waals surface area contributed by atoms with Crippen LogP contribution < -0.4 is 9.47 Å². The number of benzene rings is 2. The van der Waals surface area contributed by atoms with E-state index < -0.39 is 0 Å². The first-order valence-electron chi connectivity index (χ1n) is 10.4. The zero-order valence-electron chi connectivity index (χ0n) is 17.3. The summed E-state index contributed by atoms with van der Waals surface area (Å²) in [7, 11) is 3.31. The standard InChI is InChI=1S/C25H25NO3S/c1-28-21-14-18-10-11-26(25(27)19-9-8-16-5-3-6-17(16)13-19)24(23-7-4-12-30-23)20(18)15-22(21)29-2/h4,7-9,12-15,24H,3,5-6,10-11H2,1-2H3. The number of amides is 1. The summed E-state index contributed by atoms with van der Waals surface area (Å²) in [5.41, 5.74) is 5.85. The summed E-state index contributed by atoms with van der Waals surface area (Å²) in [4.78, 5) is 16.9. The number of carbonyl (C=O) groups is 1. The molecular weight excluding hydrogens is 394 g/mol. The Hall–Kier alpha value is -2.79. The highest BCUT2D eigenvalue weighted by Gasteiger charge is 2.34. The molecule has 1 amide bonds. The monoisotopic (exact) mass is 419 g/mol. The van der Waals surface area contributed by atoms with E-state index in [1.807, 2.05) is 23.1 Å².